The van der Waals surface area contributed by atoms with Crippen LogP contribution in [0.25, 0.3) is 21.8 Å². The highest BCUT2D eigenvalue weighted by Gasteiger charge is 2.20. The van der Waals surface area contributed by atoms with Gasteiger partial charge in [0.1, 0.15) is 17.0 Å². The second kappa shape index (κ2) is 6.48. The number of benzene rings is 2. The lowest BCUT2D eigenvalue weighted by Gasteiger charge is -2.03. The van der Waals surface area contributed by atoms with Crippen LogP contribution in [0.5, 0.6) is 0 Å². The SMILES string of the molecule is N#CC(C#N)=NNc1cc(Cl)cc2c1[nH]c1c(S(=O)(=O)O)cc(Cl)cc12. The minimum atomic E-state index is -4.54. The molecule has 0 atom stereocenters. The molecule has 0 aliphatic carbocycles. The highest BCUT2D eigenvalue weighted by Crippen LogP contribution is 2.37. The topological polar surface area (TPSA) is 142 Å². The number of H-pyrrole nitrogens is 1. The van der Waals surface area contributed by atoms with E-state index in [4.69, 9.17) is 33.7 Å². The Morgan fingerprint density at radius 2 is 1.65 bits per heavy atom. The van der Waals surface area contributed by atoms with Crippen molar-refractivity contribution in [3.63, 3.8) is 0 Å². The average Bonchev–Trinajstić information content (AvgIpc) is 2.92. The van der Waals surface area contributed by atoms with Crippen LogP contribution in [0.1, 0.15) is 0 Å². The fraction of sp³-hybridized carbons (Fsp3) is 0. The Hall–Kier alpha value is -2.82. The fourth-order valence-corrected chi connectivity index (χ4v) is 3.68. The molecule has 3 rings (SSSR count). The minimum Gasteiger partial charge on any atom is -0.352 e. The second-order valence-corrected chi connectivity index (χ2v) is 7.36. The van der Waals surface area contributed by atoms with Crippen LogP contribution in [0.3, 0.4) is 0 Å². The van der Waals surface area contributed by atoms with Crippen molar-refractivity contribution in [3.8, 4) is 12.1 Å². The molecule has 0 bridgehead atoms. The van der Waals surface area contributed by atoms with Crippen LogP contribution in [-0.2, 0) is 10.1 Å². The number of hydrazone groups is 1. The first-order valence-electron chi connectivity index (χ1n) is 6.80. The molecule has 0 aliphatic rings. The van der Waals surface area contributed by atoms with E-state index < -0.39 is 20.7 Å². The maximum Gasteiger partial charge on any atom is 0.296 e. The van der Waals surface area contributed by atoms with E-state index in [1.54, 1.807) is 18.2 Å². The van der Waals surface area contributed by atoms with Gasteiger partial charge in [-0.25, -0.2) is 0 Å². The van der Waals surface area contributed by atoms with Gasteiger partial charge >= 0.3 is 0 Å². The third-order valence-electron chi connectivity index (χ3n) is 3.49. The Bertz CT molecular complexity index is 1270. The number of anilines is 1. The predicted octanol–water partition coefficient (Wildman–Crippen LogP) is 3.69. The van der Waals surface area contributed by atoms with Crippen LogP contribution >= 0.6 is 23.2 Å². The summed E-state index contributed by atoms with van der Waals surface area (Å²) in [6.45, 7) is 0. The molecule has 130 valence electrons. The zero-order valence-electron chi connectivity index (χ0n) is 12.6. The number of nitrogens with one attached hydrogen (secondary N) is 2. The number of aromatic amines is 1. The molecule has 0 aliphatic heterocycles. The molecule has 0 saturated carbocycles. The number of nitrogens with zero attached hydrogens (tertiary/aromatic N) is 3. The van der Waals surface area contributed by atoms with Crippen molar-refractivity contribution < 1.29 is 13.0 Å². The van der Waals surface area contributed by atoms with E-state index in [0.29, 0.717) is 27.0 Å². The molecule has 3 N–H and O–H groups in total. The summed E-state index contributed by atoms with van der Waals surface area (Å²) in [7, 11) is -4.54. The van der Waals surface area contributed by atoms with E-state index in [0.717, 1.165) is 6.07 Å². The maximum atomic E-state index is 11.7. The molecule has 26 heavy (non-hydrogen) atoms. The monoisotopic (exact) mass is 407 g/mol. The molecule has 2 aromatic carbocycles. The van der Waals surface area contributed by atoms with Crippen molar-refractivity contribution in [3.05, 3.63) is 34.3 Å². The molecular weight excluding hydrogens is 401 g/mol. The Labute approximate surface area is 157 Å². The van der Waals surface area contributed by atoms with E-state index >= 15 is 0 Å². The minimum absolute atomic E-state index is 0.106. The van der Waals surface area contributed by atoms with E-state index in [-0.39, 0.29) is 10.5 Å². The van der Waals surface area contributed by atoms with Crippen molar-refractivity contribution in [1.29, 1.82) is 10.5 Å². The molecule has 0 radical (unpaired) electrons. The number of fused-ring (bicyclic) bond motifs is 3. The van der Waals surface area contributed by atoms with Gasteiger partial charge in [-0.05, 0) is 24.3 Å². The van der Waals surface area contributed by atoms with Crippen molar-refractivity contribution in [2.45, 2.75) is 4.90 Å². The van der Waals surface area contributed by atoms with E-state index in [1.165, 1.54) is 12.1 Å². The number of hydrogen-bond acceptors (Lipinski definition) is 6. The van der Waals surface area contributed by atoms with Crippen LogP contribution < -0.4 is 5.43 Å². The van der Waals surface area contributed by atoms with Gasteiger partial charge in [-0.2, -0.15) is 24.0 Å². The van der Waals surface area contributed by atoms with E-state index in [2.05, 4.69) is 15.5 Å². The van der Waals surface area contributed by atoms with Crippen molar-refractivity contribution >= 4 is 66.5 Å². The number of hydrogen-bond donors (Lipinski definition) is 3. The summed E-state index contributed by atoms with van der Waals surface area (Å²) in [5, 5.41) is 22.5. The second-order valence-electron chi connectivity index (χ2n) is 5.10. The third-order valence-corrected chi connectivity index (χ3v) is 4.80. The van der Waals surface area contributed by atoms with Gasteiger partial charge in [-0.3, -0.25) is 9.98 Å². The van der Waals surface area contributed by atoms with Gasteiger partial charge in [0.2, 0.25) is 5.71 Å². The molecular formula is C15H7Cl2N5O3S. The molecule has 11 heteroatoms. The van der Waals surface area contributed by atoms with E-state index in [9.17, 15) is 13.0 Å². The molecule has 0 saturated heterocycles. The summed E-state index contributed by atoms with van der Waals surface area (Å²) in [6, 6.07) is 8.89. The summed E-state index contributed by atoms with van der Waals surface area (Å²) < 4.78 is 32.8. The average molecular weight is 408 g/mol. The largest absolute Gasteiger partial charge is 0.352 e. The predicted molar refractivity (Wildman–Crippen MR) is 97.9 cm³/mol. The van der Waals surface area contributed by atoms with Crippen molar-refractivity contribution in [2.24, 2.45) is 5.10 Å². The lowest BCUT2D eigenvalue weighted by Crippen LogP contribution is -1.99. The lowest BCUT2D eigenvalue weighted by atomic mass is 10.1. The molecule has 0 spiro atoms. The van der Waals surface area contributed by atoms with Gasteiger partial charge in [-0.15, -0.1) is 0 Å². The molecule has 0 unspecified atom stereocenters. The first-order chi connectivity index (χ1) is 12.2. The molecule has 1 aromatic heterocycles. The number of nitriles is 2. The molecule has 0 amide bonds. The Morgan fingerprint density at radius 1 is 1.08 bits per heavy atom. The molecule has 3 aromatic rings. The third kappa shape index (κ3) is 3.17. The zero-order valence-corrected chi connectivity index (χ0v) is 14.9. The van der Waals surface area contributed by atoms with Crippen molar-refractivity contribution in [1.82, 2.24) is 4.98 Å². The summed E-state index contributed by atoms with van der Waals surface area (Å²) >= 11 is 12.1. The van der Waals surface area contributed by atoms with Crippen LogP contribution in [0.15, 0.2) is 34.3 Å². The summed E-state index contributed by atoms with van der Waals surface area (Å²) in [4.78, 5) is 2.49. The Kier molecular flexibility index (Phi) is 4.48. The van der Waals surface area contributed by atoms with Crippen LogP contribution in [0.2, 0.25) is 10.0 Å². The van der Waals surface area contributed by atoms with Crippen LogP contribution in [0, 0.1) is 22.7 Å². The highest BCUT2D eigenvalue weighted by molar-refractivity contribution is 7.86. The fourth-order valence-electron chi connectivity index (χ4n) is 2.48. The lowest BCUT2D eigenvalue weighted by molar-refractivity contribution is 0.484. The molecule has 8 nitrogen and oxygen atoms in total. The van der Waals surface area contributed by atoms with Gasteiger partial charge < -0.3 is 4.98 Å². The van der Waals surface area contributed by atoms with Gasteiger partial charge in [0.15, 0.2) is 0 Å². The van der Waals surface area contributed by atoms with Crippen LogP contribution in [0.4, 0.5) is 5.69 Å². The first-order valence-corrected chi connectivity index (χ1v) is 9.00. The quantitative estimate of drug-likeness (QED) is 0.343. The summed E-state index contributed by atoms with van der Waals surface area (Å²) in [5.41, 5.74) is 2.96. The highest BCUT2D eigenvalue weighted by atomic mass is 35.5. The van der Waals surface area contributed by atoms with Gasteiger partial charge in [-0.1, -0.05) is 23.2 Å². The van der Waals surface area contributed by atoms with Gasteiger partial charge in [0.25, 0.3) is 10.1 Å². The smallest absolute Gasteiger partial charge is 0.296 e. The number of halogens is 2. The summed E-state index contributed by atoms with van der Waals surface area (Å²) in [6.07, 6.45) is 0. The van der Waals surface area contributed by atoms with Crippen LogP contribution in [-0.4, -0.2) is 23.7 Å². The maximum absolute atomic E-state index is 11.7. The summed E-state index contributed by atoms with van der Waals surface area (Å²) in [5.74, 6) is 0. The van der Waals surface area contributed by atoms with E-state index in [1.807, 2.05) is 0 Å². The Balaban J connectivity index is 2.37. The standard InChI is InChI=1S/C15H7Cl2N5O3S/c16-7-1-10-11-2-8(17)4-13(26(23,24)25)15(11)20-14(10)12(3-7)22-21-9(5-18)6-19/h1-4,20,22H,(H,23,24,25). The molecule has 0 fully saturated rings. The number of rotatable bonds is 3. The normalized spacial score (nSPS) is 11.1. The number of aromatic nitrogens is 1. The van der Waals surface area contributed by atoms with Crippen molar-refractivity contribution in [2.75, 3.05) is 5.43 Å². The first kappa shape index (κ1) is 18.0. The van der Waals surface area contributed by atoms with Gasteiger partial charge in [0, 0.05) is 20.8 Å². The Morgan fingerprint density at radius 3 is 2.23 bits per heavy atom. The zero-order chi connectivity index (χ0) is 19.1. The van der Waals surface area contributed by atoms with Gasteiger partial charge in [0.05, 0.1) is 16.7 Å². The molecule has 1 heterocycles.